The molecule has 178 valence electrons. The Labute approximate surface area is 201 Å². The van der Waals surface area contributed by atoms with Crippen LogP contribution in [0.1, 0.15) is 0 Å². The van der Waals surface area contributed by atoms with Gasteiger partial charge in [-0.15, -0.1) is 0 Å². The summed E-state index contributed by atoms with van der Waals surface area (Å²) in [4.78, 5) is 32.0. The van der Waals surface area contributed by atoms with Gasteiger partial charge in [0.1, 0.15) is 11.5 Å². The monoisotopic (exact) mass is 485 g/mol. The Kier molecular flexibility index (Phi) is 6.99. The number of nitro benzene ring substituents is 1. The number of fused-ring (bicyclic) bond motifs is 1. The summed E-state index contributed by atoms with van der Waals surface area (Å²) in [6, 6.07) is 8.33. The van der Waals surface area contributed by atoms with Gasteiger partial charge in [-0.25, -0.2) is 0 Å². The maximum absolute atomic E-state index is 12.7. The van der Waals surface area contributed by atoms with Gasteiger partial charge >= 0.3 is 0 Å². The van der Waals surface area contributed by atoms with E-state index >= 15 is 0 Å². The number of carbonyl (C=O) groups is 1. The van der Waals surface area contributed by atoms with Crippen molar-refractivity contribution in [2.24, 2.45) is 0 Å². The predicted molar refractivity (Wildman–Crippen MR) is 130 cm³/mol. The van der Waals surface area contributed by atoms with Crippen molar-refractivity contribution in [3.8, 4) is 11.5 Å². The second-order valence-corrected chi connectivity index (χ2v) is 8.19. The number of rotatable bonds is 7. The lowest BCUT2D eigenvalue weighted by Crippen LogP contribution is -2.48. The molecule has 11 heteroatoms. The Morgan fingerprint density at radius 3 is 2.53 bits per heavy atom. The largest absolute Gasteiger partial charge is 0.495 e. The average Bonchev–Trinajstić information content (AvgIpc) is 2.84. The van der Waals surface area contributed by atoms with Crippen LogP contribution in [0.15, 0.2) is 42.7 Å². The molecule has 3 aromatic rings. The third kappa shape index (κ3) is 4.82. The normalized spacial score (nSPS) is 14.1. The van der Waals surface area contributed by atoms with Gasteiger partial charge in [0.05, 0.1) is 41.8 Å². The minimum absolute atomic E-state index is 0.0383. The maximum Gasteiger partial charge on any atom is 0.278 e. The number of non-ortho nitro benzene ring substituents is 1. The van der Waals surface area contributed by atoms with E-state index in [2.05, 4.69) is 20.1 Å². The fourth-order valence-electron chi connectivity index (χ4n) is 4.09. The molecule has 1 aromatic heterocycles. The summed E-state index contributed by atoms with van der Waals surface area (Å²) < 4.78 is 10.5. The fourth-order valence-corrected chi connectivity index (χ4v) is 4.32. The van der Waals surface area contributed by atoms with E-state index in [1.165, 1.54) is 26.5 Å². The molecular weight excluding hydrogens is 462 g/mol. The van der Waals surface area contributed by atoms with Crippen LogP contribution in [0, 0.1) is 10.1 Å². The Morgan fingerprint density at radius 1 is 1.12 bits per heavy atom. The number of amides is 1. The Hall–Kier alpha value is -3.63. The first-order valence-corrected chi connectivity index (χ1v) is 11.0. The van der Waals surface area contributed by atoms with E-state index in [1.807, 2.05) is 0 Å². The number of nitrogens with one attached hydrogen (secondary N) is 1. The van der Waals surface area contributed by atoms with Gasteiger partial charge in [-0.3, -0.25) is 24.8 Å². The van der Waals surface area contributed by atoms with Crippen LogP contribution in [-0.4, -0.2) is 67.7 Å². The lowest BCUT2D eigenvalue weighted by Gasteiger charge is -2.36. The molecule has 0 saturated carbocycles. The van der Waals surface area contributed by atoms with Gasteiger partial charge in [0.2, 0.25) is 5.91 Å². The number of nitro groups is 1. The van der Waals surface area contributed by atoms with Gasteiger partial charge in [-0.1, -0.05) is 11.6 Å². The summed E-state index contributed by atoms with van der Waals surface area (Å²) in [5.41, 5.74) is 1.44. The molecule has 34 heavy (non-hydrogen) atoms. The van der Waals surface area contributed by atoms with E-state index in [-0.39, 0.29) is 18.1 Å². The topological polar surface area (TPSA) is 110 Å². The van der Waals surface area contributed by atoms with E-state index in [0.29, 0.717) is 53.8 Å². The van der Waals surface area contributed by atoms with Crippen LogP contribution in [0.3, 0.4) is 0 Å². The molecular formula is C23H24ClN5O5. The summed E-state index contributed by atoms with van der Waals surface area (Å²) in [5, 5.41) is 15.9. The zero-order valence-corrected chi connectivity index (χ0v) is 19.5. The van der Waals surface area contributed by atoms with Gasteiger partial charge < -0.3 is 19.7 Å². The van der Waals surface area contributed by atoms with Crippen LogP contribution in [0.25, 0.3) is 10.8 Å². The lowest BCUT2D eigenvalue weighted by atomic mass is 10.1. The van der Waals surface area contributed by atoms with Crippen LogP contribution in [0.5, 0.6) is 11.5 Å². The van der Waals surface area contributed by atoms with Crippen molar-refractivity contribution in [3.05, 3.63) is 57.9 Å². The average molecular weight is 486 g/mol. The molecule has 0 bridgehead atoms. The minimum atomic E-state index is -0.393. The summed E-state index contributed by atoms with van der Waals surface area (Å²) in [6.45, 7) is 2.91. The molecule has 2 aromatic carbocycles. The molecule has 0 atom stereocenters. The van der Waals surface area contributed by atoms with Crippen molar-refractivity contribution in [3.63, 3.8) is 0 Å². The van der Waals surface area contributed by atoms with Crippen LogP contribution in [0.4, 0.5) is 17.1 Å². The number of aromatic nitrogens is 1. The third-order valence-corrected chi connectivity index (χ3v) is 6.09. The van der Waals surface area contributed by atoms with Gasteiger partial charge in [0.15, 0.2) is 0 Å². The highest BCUT2D eigenvalue weighted by Crippen LogP contribution is 2.36. The predicted octanol–water partition coefficient (Wildman–Crippen LogP) is 3.57. The molecule has 1 aliphatic heterocycles. The summed E-state index contributed by atoms with van der Waals surface area (Å²) in [5.74, 6) is 0.711. The second-order valence-electron chi connectivity index (χ2n) is 7.78. The van der Waals surface area contributed by atoms with Crippen LogP contribution < -0.4 is 19.7 Å². The lowest BCUT2D eigenvalue weighted by molar-refractivity contribution is -0.383. The van der Waals surface area contributed by atoms with Crippen molar-refractivity contribution >= 4 is 45.3 Å². The zero-order valence-electron chi connectivity index (χ0n) is 18.8. The summed E-state index contributed by atoms with van der Waals surface area (Å²) in [6.07, 6.45) is 3.16. The van der Waals surface area contributed by atoms with Crippen molar-refractivity contribution in [2.45, 2.75) is 0 Å². The molecule has 4 rings (SSSR count). The smallest absolute Gasteiger partial charge is 0.278 e. The van der Waals surface area contributed by atoms with Crippen LogP contribution >= 0.6 is 11.6 Å². The Bertz CT molecular complexity index is 1230. The van der Waals surface area contributed by atoms with Crippen molar-refractivity contribution in [2.75, 3.05) is 57.2 Å². The SMILES string of the molecule is COc1cc(NC(=O)CN2CCN(c3ccc([N+](=O)[O-])c4cnccc34)CC2)c(OC)cc1Cl. The summed E-state index contributed by atoms with van der Waals surface area (Å²) >= 11 is 6.13. The van der Waals surface area contributed by atoms with E-state index in [9.17, 15) is 14.9 Å². The highest BCUT2D eigenvalue weighted by Gasteiger charge is 2.23. The number of hydrogen-bond donors (Lipinski definition) is 1. The molecule has 2 heterocycles. The number of methoxy groups -OCH3 is 2. The third-order valence-electron chi connectivity index (χ3n) is 5.80. The molecule has 1 fully saturated rings. The van der Waals surface area contributed by atoms with Crippen molar-refractivity contribution < 1.29 is 19.2 Å². The number of anilines is 2. The number of pyridine rings is 1. The number of hydrogen-bond acceptors (Lipinski definition) is 8. The standard InChI is InChI=1S/C23H24ClN5O5/c1-33-21-12-18(22(34-2)11-17(21)24)26-23(30)14-27-7-9-28(10-8-27)19-3-4-20(29(31)32)16-13-25-6-5-15(16)19/h3-6,11-13H,7-10,14H2,1-2H3,(H,26,30). The molecule has 1 saturated heterocycles. The van der Waals surface area contributed by atoms with Crippen molar-refractivity contribution in [1.29, 1.82) is 0 Å². The molecule has 1 amide bonds. The van der Waals surface area contributed by atoms with Gasteiger partial charge in [0, 0.05) is 67.8 Å². The van der Waals surface area contributed by atoms with Crippen LogP contribution in [0.2, 0.25) is 5.02 Å². The number of benzene rings is 2. The number of piperazine rings is 1. The van der Waals surface area contributed by atoms with E-state index in [0.717, 1.165) is 11.1 Å². The Morgan fingerprint density at radius 2 is 1.85 bits per heavy atom. The zero-order chi connectivity index (χ0) is 24.2. The highest BCUT2D eigenvalue weighted by molar-refractivity contribution is 6.32. The first-order chi connectivity index (χ1) is 16.4. The molecule has 0 unspecified atom stereocenters. The molecule has 10 nitrogen and oxygen atoms in total. The van der Waals surface area contributed by atoms with Crippen LogP contribution in [-0.2, 0) is 4.79 Å². The van der Waals surface area contributed by atoms with Gasteiger partial charge in [0.25, 0.3) is 5.69 Å². The minimum Gasteiger partial charge on any atom is -0.495 e. The highest BCUT2D eigenvalue weighted by atomic mass is 35.5. The first kappa shape index (κ1) is 23.5. The number of ether oxygens (including phenoxy) is 2. The number of nitrogens with zero attached hydrogens (tertiary/aromatic N) is 4. The summed E-state index contributed by atoms with van der Waals surface area (Å²) in [7, 11) is 3.01. The molecule has 0 aliphatic carbocycles. The van der Waals surface area contributed by atoms with E-state index in [1.54, 1.807) is 30.5 Å². The molecule has 0 radical (unpaired) electrons. The molecule has 0 spiro atoms. The number of halogens is 1. The van der Waals surface area contributed by atoms with Gasteiger partial charge in [-0.05, 0) is 12.1 Å². The second kappa shape index (κ2) is 10.1. The van der Waals surface area contributed by atoms with E-state index in [4.69, 9.17) is 21.1 Å². The molecule has 1 N–H and O–H groups in total. The first-order valence-electron chi connectivity index (χ1n) is 10.6. The number of carbonyl (C=O) groups excluding carboxylic acids is 1. The fraction of sp³-hybridized carbons (Fsp3) is 0.304. The molecule has 1 aliphatic rings. The quantitative estimate of drug-likeness (QED) is 0.399. The van der Waals surface area contributed by atoms with Gasteiger partial charge in [-0.2, -0.15) is 0 Å². The Balaban J connectivity index is 1.41. The van der Waals surface area contributed by atoms with E-state index < -0.39 is 4.92 Å². The van der Waals surface area contributed by atoms with Crippen molar-refractivity contribution in [1.82, 2.24) is 9.88 Å². The maximum atomic E-state index is 12.7.